The van der Waals surface area contributed by atoms with Gasteiger partial charge in [-0.25, -0.2) is 0 Å². The van der Waals surface area contributed by atoms with Gasteiger partial charge in [-0.3, -0.25) is 9.59 Å². The number of aryl methyl sites for hydroxylation is 1. The van der Waals surface area contributed by atoms with Gasteiger partial charge in [0.1, 0.15) is 0 Å². The molecule has 0 atom stereocenters. The molecule has 0 saturated heterocycles. The van der Waals surface area contributed by atoms with Crippen LogP contribution in [0.3, 0.4) is 0 Å². The first kappa shape index (κ1) is 22.6. The van der Waals surface area contributed by atoms with E-state index in [9.17, 15) is 9.59 Å². The Hall–Kier alpha value is -2.64. The summed E-state index contributed by atoms with van der Waals surface area (Å²) < 4.78 is 12.3. The third-order valence-corrected chi connectivity index (χ3v) is 4.76. The lowest BCUT2D eigenvalue weighted by Crippen LogP contribution is -2.45. The predicted molar refractivity (Wildman–Crippen MR) is 111 cm³/mol. The van der Waals surface area contributed by atoms with Gasteiger partial charge in [0.05, 0.1) is 32.7 Å². The van der Waals surface area contributed by atoms with Gasteiger partial charge in [-0.05, 0) is 17.7 Å². The normalized spacial score (nSPS) is 10.7. The van der Waals surface area contributed by atoms with Crippen molar-refractivity contribution in [3.63, 3.8) is 0 Å². The molecule has 2 aromatic rings. The lowest BCUT2D eigenvalue weighted by Gasteiger charge is -2.28. The number of carbonyl (C=O) groups excluding carboxylic acids is 2. The summed E-state index contributed by atoms with van der Waals surface area (Å²) in [7, 11) is 5.14. The second-order valence-corrected chi connectivity index (χ2v) is 6.89. The van der Waals surface area contributed by atoms with Crippen molar-refractivity contribution >= 4 is 11.8 Å². The minimum atomic E-state index is -0.110. The Morgan fingerprint density at radius 3 is 2.14 bits per heavy atom. The molecular formula is C22H31N3O4. The maximum absolute atomic E-state index is 13.0. The van der Waals surface area contributed by atoms with Crippen LogP contribution in [0.5, 0.6) is 0 Å². The third-order valence-electron chi connectivity index (χ3n) is 4.76. The largest absolute Gasteiger partial charge is 0.383 e. The van der Waals surface area contributed by atoms with Crippen LogP contribution in [-0.2, 0) is 39.1 Å². The number of hydrogen-bond donors (Lipinski definition) is 0. The molecule has 0 unspecified atom stereocenters. The molecule has 1 heterocycles. The molecular weight excluding hydrogens is 370 g/mol. The molecule has 0 aliphatic heterocycles. The van der Waals surface area contributed by atoms with Crippen LogP contribution >= 0.6 is 0 Å². The van der Waals surface area contributed by atoms with Crippen molar-refractivity contribution in [3.8, 4) is 0 Å². The van der Waals surface area contributed by atoms with Gasteiger partial charge in [0, 0.05) is 46.2 Å². The molecule has 0 aliphatic rings. The van der Waals surface area contributed by atoms with E-state index < -0.39 is 0 Å². The molecule has 7 nitrogen and oxygen atoms in total. The van der Waals surface area contributed by atoms with Gasteiger partial charge < -0.3 is 23.8 Å². The van der Waals surface area contributed by atoms with Crippen LogP contribution in [0, 0.1) is 0 Å². The van der Waals surface area contributed by atoms with E-state index >= 15 is 0 Å². The molecule has 0 aliphatic carbocycles. The second kappa shape index (κ2) is 12.0. The standard InChI is InChI=1S/C22H31N3O4/c1-23-11-7-10-20(23)17-24(12-14-28-2)22(27)18-25(13-15-29-3)21(26)16-19-8-5-4-6-9-19/h4-11H,12-18H2,1-3H3. The smallest absolute Gasteiger partial charge is 0.242 e. The molecule has 2 rings (SSSR count). The summed E-state index contributed by atoms with van der Waals surface area (Å²) in [4.78, 5) is 29.2. The Morgan fingerprint density at radius 1 is 0.897 bits per heavy atom. The summed E-state index contributed by atoms with van der Waals surface area (Å²) >= 11 is 0. The Labute approximate surface area is 172 Å². The van der Waals surface area contributed by atoms with E-state index in [4.69, 9.17) is 9.47 Å². The van der Waals surface area contributed by atoms with E-state index in [1.165, 1.54) is 0 Å². The van der Waals surface area contributed by atoms with Crippen LogP contribution in [0.2, 0.25) is 0 Å². The first-order valence-corrected chi connectivity index (χ1v) is 9.72. The zero-order valence-electron chi connectivity index (χ0n) is 17.5. The minimum Gasteiger partial charge on any atom is -0.383 e. The number of amides is 2. The molecule has 29 heavy (non-hydrogen) atoms. The zero-order valence-corrected chi connectivity index (χ0v) is 17.5. The van der Waals surface area contributed by atoms with Gasteiger partial charge in [0.2, 0.25) is 11.8 Å². The van der Waals surface area contributed by atoms with Gasteiger partial charge in [-0.1, -0.05) is 30.3 Å². The number of ether oxygens (including phenoxy) is 2. The summed E-state index contributed by atoms with van der Waals surface area (Å²) in [6.07, 6.45) is 2.20. The zero-order chi connectivity index (χ0) is 21.1. The van der Waals surface area contributed by atoms with Gasteiger partial charge in [-0.15, -0.1) is 0 Å². The van der Waals surface area contributed by atoms with E-state index in [2.05, 4.69) is 0 Å². The molecule has 0 fully saturated rings. The van der Waals surface area contributed by atoms with Crippen molar-refractivity contribution < 1.29 is 19.1 Å². The highest BCUT2D eigenvalue weighted by Gasteiger charge is 2.22. The molecule has 0 saturated carbocycles. The van der Waals surface area contributed by atoms with Crippen molar-refractivity contribution in [1.29, 1.82) is 0 Å². The van der Waals surface area contributed by atoms with E-state index in [1.807, 2.05) is 60.3 Å². The van der Waals surface area contributed by atoms with Crippen molar-refractivity contribution in [3.05, 3.63) is 59.9 Å². The molecule has 0 radical (unpaired) electrons. The number of benzene rings is 1. The highest BCUT2D eigenvalue weighted by molar-refractivity contribution is 5.86. The fourth-order valence-corrected chi connectivity index (χ4v) is 2.99. The van der Waals surface area contributed by atoms with Crippen LogP contribution in [0.4, 0.5) is 0 Å². The average molecular weight is 402 g/mol. The fraction of sp³-hybridized carbons (Fsp3) is 0.455. The molecule has 1 aromatic carbocycles. The monoisotopic (exact) mass is 401 g/mol. The average Bonchev–Trinajstić information content (AvgIpc) is 3.13. The van der Waals surface area contributed by atoms with E-state index in [1.54, 1.807) is 24.0 Å². The molecule has 1 aromatic heterocycles. The highest BCUT2D eigenvalue weighted by Crippen LogP contribution is 2.08. The minimum absolute atomic E-state index is 0.0170. The van der Waals surface area contributed by atoms with Gasteiger partial charge in [-0.2, -0.15) is 0 Å². The van der Waals surface area contributed by atoms with Crippen molar-refractivity contribution in [2.45, 2.75) is 13.0 Å². The van der Waals surface area contributed by atoms with E-state index in [0.717, 1.165) is 11.3 Å². The Kier molecular flexibility index (Phi) is 9.40. The maximum atomic E-state index is 13.0. The quantitative estimate of drug-likeness (QED) is 0.543. The summed E-state index contributed by atoms with van der Waals surface area (Å²) in [6, 6.07) is 13.5. The van der Waals surface area contributed by atoms with E-state index in [0.29, 0.717) is 32.8 Å². The number of carbonyl (C=O) groups is 2. The summed E-state index contributed by atoms with van der Waals surface area (Å²) in [5.74, 6) is -0.201. The van der Waals surface area contributed by atoms with Gasteiger partial charge >= 0.3 is 0 Å². The molecule has 2 amide bonds. The van der Waals surface area contributed by atoms with E-state index in [-0.39, 0.29) is 24.8 Å². The van der Waals surface area contributed by atoms with Crippen LogP contribution < -0.4 is 0 Å². The number of aromatic nitrogens is 1. The summed E-state index contributed by atoms with van der Waals surface area (Å²) in [5, 5.41) is 0. The maximum Gasteiger partial charge on any atom is 0.242 e. The second-order valence-electron chi connectivity index (χ2n) is 6.89. The van der Waals surface area contributed by atoms with Crippen LogP contribution in [0.15, 0.2) is 48.7 Å². The van der Waals surface area contributed by atoms with Crippen molar-refractivity contribution in [1.82, 2.24) is 14.4 Å². The van der Waals surface area contributed by atoms with Crippen LogP contribution in [0.25, 0.3) is 0 Å². The molecule has 0 N–H and O–H groups in total. The van der Waals surface area contributed by atoms with Crippen LogP contribution in [-0.4, -0.2) is 73.2 Å². The number of hydrogen-bond acceptors (Lipinski definition) is 4. The highest BCUT2D eigenvalue weighted by atomic mass is 16.5. The molecule has 158 valence electrons. The predicted octanol–water partition coefficient (Wildman–Crippen LogP) is 1.72. The van der Waals surface area contributed by atoms with Crippen molar-refractivity contribution in [2.75, 3.05) is 47.1 Å². The molecule has 0 spiro atoms. The SMILES string of the molecule is COCCN(CC(=O)N(CCOC)Cc1cccn1C)C(=O)Cc1ccccc1. The number of rotatable bonds is 12. The Morgan fingerprint density at radius 2 is 1.55 bits per heavy atom. The third kappa shape index (κ3) is 7.36. The fourth-order valence-electron chi connectivity index (χ4n) is 2.99. The number of methoxy groups -OCH3 is 2. The topological polar surface area (TPSA) is 64.0 Å². The lowest BCUT2D eigenvalue weighted by atomic mass is 10.1. The first-order chi connectivity index (χ1) is 14.0. The summed E-state index contributed by atoms with van der Waals surface area (Å²) in [6.45, 7) is 2.14. The Balaban J connectivity index is 2.07. The van der Waals surface area contributed by atoms with Crippen molar-refractivity contribution in [2.24, 2.45) is 7.05 Å². The summed E-state index contributed by atoms with van der Waals surface area (Å²) in [5.41, 5.74) is 1.95. The number of nitrogens with zero attached hydrogens (tertiary/aromatic N) is 3. The first-order valence-electron chi connectivity index (χ1n) is 9.72. The Bertz CT molecular complexity index is 760. The van der Waals surface area contributed by atoms with Crippen LogP contribution in [0.1, 0.15) is 11.3 Å². The molecule has 7 heteroatoms. The molecule has 0 bridgehead atoms. The van der Waals surface area contributed by atoms with Gasteiger partial charge in [0.25, 0.3) is 0 Å². The van der Waals surface area contributed by atoms with Gasteiger partial charge in [0.15, 0.2) is 0 Å². The lowest BCUT2D eigenvalue weighted by molar-refractivity contribution is -0.141.